The number of rotatable bonds is 5. The van der Waals surface area contributed by atoms with E-state index in [0.29, 0.717) is 35.1 Å². The predicted molar refractivity (Wildman–Crippen MR) is 79.3 cm³/mol. The Hall–Kier alpha value is -1.68. The molecule has 0 aliphatic carbocycles. The molecule has 0 fully saturated rings. The van der Waals surface area contributed by atoms with Crippen LogP contribution in [0.5, 0.6) is 11.5 Å². The summed E-state index contributed by atoms with van der Waals surface area (Å²) in [5, 5.41) is 0.851. The lowest BCUT2D eigenvalue weighted by atomic mass is 10.1. The van der Waals surface area contributed by atoms with Crippen LogP contribution < -0.4 is 15.1 Å². The summed E-state index contributed by atoms with van der Waals surface area (Å²) in [6, 6.07) is 3.52. The first-order valence-corrected chi connectivity index (χ1v) is 6.92. The standard InChI is InChI=1S/C15H17ClO4/c1-9-10(2)15(17)20-12-8-13(18-3)14(7-11(9)12)19-6-4-5-16/h7-8H,4-6H2,1-3H3. The molecule has 2 aromatic rings. The molecule has 2 rings (SSSR count). The Labute approximate surface area is 122 Å². The third kappa shape index (κ3) is 2.75. The summed E-state index contributed by atoms with van der Waals surface area (Å²) in [5.41, 5.74) is 1.67. The van der Waals surface area contributed by atoms with E-state index < -0.39 is 0 Å². The van der Waals surface area contributed by atoms with Crippen molar-refractivity contribution in [2.24, 2.45) is 0 Å². The Morgan fingerprint density at radius 2 is 1.95 bits per heavy atom. The normalized spacial score (nSPS) is 10.8. The van der Waals surface area contributed by atoms with Gasteiger partial charge in [-0.1, -0.05) is 0 Å². The van der Waals surface area contributed by atoms with Crippen LogP contribution >= 0.6 is 11.6 Å². The summed E-state index contributed by atoms with van der Waals surface area (Å²) in [6.07, 6.45) is 0.755. The van der Waals surface area contributed by atoms with Crippen LogP contribution in [0.2, 0.25) is 0 Å². The van der Waals surface area contributed by atoms with E-state index in [1.54, 1.807) is 20.1 Å². The first-order valence-electron chi connectivity index (χ1n) is 6.39. The highest BCUT2D eigenvalue weighted by molar-refractivity contribution is 6.17. The Morgan fingerprint density at radius 3 is 2.60 bits per heavy atom. The minimum absolute atomic E-state index is 0.326. The van der Waals surface area contributed by atoms with Gasteiger partial charge in [0.05, 0.1) is 13.7 Å². The molecule has 1 aromatic carbocycles. The Kier molecular flexibility index (Phi) is 4.55. The average Bonchev–Trinajstić information content (AvgIpc) is 2.45. The van der Waals surface area contributed by atoms with Crippen LogP contribution in [0, 0.1) is 13.8 Å². The predicted octanol–water partition coefficient (Wildman–Crippen LogP) is 3.43. The SMILES string of the molecule is COc1cc2oc(=O)c(C)c(C)c2cc1OCCCCl. The smallest absolute Gasteiger partial charge is 0.339 e. The number of halogens is 1. The molecule has 0 amide bonds. The van der Waals surface area contributed by atoms with Crippen LogP contribution in [0.15, 0.2) is 21.3 Å². The van der Waals surface area contributed by atoms with Gasteiger partial charge in [-0.05, 0) is 31.9 Å². The van der Waals surface area contributed by atoms with Crippen molar-refractivity contribution >= 4 is 22.6 Å². The molecular weight excluding hydrogens is 280 g/mol. The van der Waals surface area contributed by atoms with Crippen molar-refractivity contribution in [2.75, 3.05) is 19.6 Å². The zero-order valence-electron chi connectivity index (χ0n) is 11.8. The van der Waals surface area contributed by atoms with Crippen molar-refractivity contribution in [1.82, 2.24) is 0 Å². The van der Waals surface area contributed by atoms with E-state index >= 15 is 0 Å². The summed E-state index contributed by atoms with van der Waals surface area (Å²) in [4.78, 5) is 11.7. The molecule has 0 bridgehead atoms. The van der Waals surface area contributed by atoms with Crippen molar-refractivity contribution < 1.29 is 13.9 Å². The minimum atomic E-state index is -0.326. The maximum Gasteiger partial charge on any atom is 0.339 e. The molecule has 0 saturated carbocycles. The topological polar surface area (TPSA) is 48.7 Å². The lowest BCUT2D eigenvalue weighted by molar-refractivity contribution is 0.295. The number of fused-ring (bicyclic) bond motifs is 1. The van der Waals surface area contributed by atoms with Crippen molar-refractivity contribution in [3.05, 3.63) is 33.7 Å². The lowest BCUT2D eigenvalue weighted by Gasteiger charge is -2.12. The number of alkyl halides is 1. The molecule has 108 valence electrons. The summed E-state index contributed by atoms with van der Waals surface area (Å²) < 4.78 is 16.2. The fraction of sp³-hybridized carbons (Fsp3) is 0.400. The van der Waals surface area contributed by atoms with Crippen LogP contribution in [0.25, 0.3) is 11.0 Å². The van der Waals surface area contributed by atoms with Gasteiger partial charge in [0.2, 0.25) is 0 Å². The first-order chi connectivity index (χ1) is 9.58. The van der Waals surface area contributed by atoms with Gasteiger partial charge in [0.1, 0.15) is 5.58 Å². The Morgan fingerprint density at radius 1 is 1.20 bits per heavy atom. The largest absolute Gasteiger partial charge is 0.493 e. The first kappa shape index (κ1) is 14.7. The summed E-state index contributed by atoms with van der Waals surface area (Å²) >= 11 is 5.64. The summed E-state index contributed by atoms with van der Waals surface area (Å²) in [5.74, 6) is 1.71. The number of aryl methyl sites for hydroxylation is 1. The van der Waals surface area contributed by atoms with E-state index in [0.717, 1.165) is 17.4 Å². The molecule has 5 heteroatoms. The second-order valence-corrected chi connectivity index (χ2v) is 4.91. The maximum atomic E-state index is 11.7. The maximum absolute atomic E-state index is 11.7. The Balaban J connectivity index is 2.55. The van der Waals surface area contributed by atoms with Gasteiger partial charge in [-0.3, -0.25) is 0 Å². The number of hydrogen-bond acceptors (Lipinski definition) is 4. The highest BCUT2D eigenvalue weighted by atomic mass is 35.5. The third-order valence-corrected chi connectivity index (χ3v) is 3.54. The molecule has 1 aromatic heterocycles. The second kappa shape index (κ2) is 6.18. The second-order valence-electron chi connectivity index (χ2n) is 4.53. The summed E-state index contributed by atoms with van der Waals surface area (Å²) in [6.45, 7) is 4.16. The molecule has 0 unspecified atom stereocenters. The van der Waals surface area contributed by atoms with Crippen LogP contribution in [0.3, 0.4) is 0 Å². The van der Waals surface area contributed by atoms with Gasteiger partial charge in [0, 0.05) is 22.9 Å². The third-order valence-electron chi connectivity index (χ3n) is 3.28. The van der Waals surface area contributed by atoms with E-state index in [1.807, 2.05) is 13.0 Å². The van der Waals surface area contributed by atoms with Crippen molar-refractivity contribution in [2.45, 2.75) is 20.3 Å². The van der Waals surface area contributed by atoms with E-state index in [4.69, 9.17) is 25.5 Å². The van der Waals surface area contributed by atoms with Crippen molar-refractivity contribution in [3.8, 4) is 11.5 Å². The highest BCUT2D eigenvalue weighted by Gasteiger charge is 2.13. The molecule has 0 radical (unpaired) electrons. The van der Waals surface area contributed by atoms with Gasteiger partial charge >= 0.3 is 5.63 Å². The molecule has 1 heterocycles. The lowest BCUT2D eigenvalue weighted by Crippen LogP contribution is -2.06. The van der Waals surface area contributed by atoms with Gasteiger partial charge in [-0.15, -0.1) is 11.6 Å². The van der Waals surface area contributed by atoms with Crippen LogP contribution in [0.4, 0.5) is 0 Å². The van der Waals surface area contributed by atoms with Crippen molar-refractivity contribution in [3.63, 3.8) is 0 Å². The molecule has 0 atom stereocenters. The molecule has 0 aliphatic heterocycles. The molecule has 0 spiro atoms. The molecule has 0 aliphatic rings. The fourth-order valence-corrected chi connectivity index (χ4v) is 2.07. The number of ether oxygens (including phenoxy) is 2. The Bertz CT molecular complexity index is 676. The van der Waals surface area contributed by atoms with E-state index in [-0.39, 0.29) is 5.63 Å². The monoisotopic (exact) mass is 296 g/mol. The van der Waals surface area contributed by atoms with Gasteiger partial charge in [0.15, 0.2) is 11.5 Å². The van der Waals surface area contributed by atoms with E-state index in [2.05, 4.69) is 0 Å². The number of methoxy groups -OCH3 is 1. The molecule has 0 saturated heterocycles. The van der Waals surface area contributed by atoms with Crippen LogP contribution in [-0.2, 0) is 0 Å². The van der Waals surface area contributed by atoms with Gasteiger partial charge in [-0.25, -0.2) is 4.79 Å². The molecule has 0 N–H and O–H groups in total. The van der Waals surface area contributed by atoms with E-state index in [9.17, 15) is 4.79 Å². The quantitative estimate of drug-likeness (QED) is 0.482. The molecular formula is C15H17ClO4. The van der Waals surface area contributed by atoms with Gasteiger partial charge < -0.3 is 13.9 Å². The molecule has 4 nitrogen and oxygen atoms in total. The zero-order valence-corrected chi connectivity index (χ0v) is 12.5. The number of hydrogen-bond donors (Lipinski definition) is 0. The minimum Gasteiger partial charge on any atom is -0.493 e. The zero-order chi connectivity index (χ0) is 14.7. The summed E-state index contributed by atoms with van der Waals surface area (Å²) in [7, 11) is 1.55. The average molecular weight is 297 g/mol. The van der Waals surface area contributed by atoms with Gasteiger partial charge in [-0.2, -0.15) is 0 Å². The van der Waals surface area contributed by atoms with E-state index in [1.165, 1.54) is 0 Å². The number of benzene rings is 1. The van der Waals surface area contributed by atoms with Gasteiger partial charge in [0.25, 0.3) is 0 Å². The van der Waals surface area contributed by atoms with Crippen molar-refractivity contribution in [1.29, 1.82) is 0 Å². The van der Waals surface area contributed by atoms with Crippen LogP contribution in [-0.4, -0.2) is 19.6 Å². The fourth-order valence-electron chi connectivity index (χ4n) is 1.96. The van der Waals surface area contributed by atoms with Crippen LogP contribution in [0.1, 0.15) is 17.5 Å². The molecule has 20 heavy (non-hydrogen) atoms. The highest BCUT2D eigenvalue weighted by Crippen LogP contribution is 2.33.